The van der Waals surface area contributed by atoms with Crippen LogP contribution in [-0.4, -0.2) is 63.6 Å². The highest BCUT2D eigenvalue weighted by Gasteiger charge is 2.20. The van der Waals surface area contributed by atoms with Crippen LogP contribution >= 0.6 is 0 Å². The zero-order valence-corrected chi connectivity index (χ0v) is 18.4. The third-order valence-corrected chi connectivity index (χ3v) is 5.45. The van der Waals surface area contributed by atoms with E-state index in [1.165, 1.54) is 13.4 Å². The minimum atomic E-state index is -0.438. The molecule has 1 aromatic heterocycles. The largest absolute Gasteiger partial charge is 0.497 e. The summed E-state index contributed by atoms with van der Waals surface area (Å²) in [6.07, 6.45) is 1.44. The number of hydrogen-bond acceptors (Lipinski definition) is 9. The van der Waals surface area contributed by atoms with Gasteiger partial charge in [0.15, 0.2) is 0 Å². The first-order valence-corrected chi connectivity index (χ1v) is 10.3. The highest BCUT2D eigenvalue weighted by Crippen LogP contribution is 2.31. The molecular formula is C23H26N4O5. The summed E-state index contributed by atoms with van der Waals surface area (Å²) in [6, 6.07) is 9.47. The quantitative estimate of drug-likeness (QED) is 0.559. The Kier molecular flexibility index (Phi) is 6.55. The molecule has 1 aliphatic heterocycles. The lowest BCUT2D eigenvalue weighted by atomic mass is 10.1. The van der Waals surface area contributed by atoms with Crippen LogP contribution in [0.3, 0.4) is 0 Å². The molecule has 1 fully saturated rings. The van der Waals surface area contributed by atoms with Gasteiger partial charge in [0.05, 0.1) is 45.6 Å². The maximum atomic E-state index is 12.5. The minimum Gasteiger partial charge on any atom is -0.497 e. The number of methoxy groups -OCH3 is 3. The van der Waals surface area contributed by atoms with Gasteiger partial charge >= 0.3 is 5.97 Å². The lowest BCUT2D eigenvalue weighted by Gasteiger charge is -2.29. The van der Waals surface area contributed by atoms with Crippen LogP contribution in [0.1, 0.15) is 15.9 Å². The van der Waals surface area contributed by atoms with Crippen LogP contribution in [-0.2, 0) is 16.0 Å². The Balaban J connectivity index is 1.72. The average molecular weight is 438 g/mol. The van der Waals surface area contributed by atoms with Crippen LogP contribution < -0.4 is 19.7 Å². The van der Waals surface area contributed by atoms with Crippen molar-refractivity contribution in [1.82, 2.24) is 9.97 Å². The minimum absolute atomic E-state index is 0.402. The van der Waals surface area contributed by atoms with E-state index in [1.54, 1.807) is 14.2 Å². The van der Waals surface area contributed by atoms with Crippen LogP contribution in [0.5, 0.6) is 11.5 Å². The lowest BCUT2D eigenvalue weighted by Crippen LogP contribution is -2.36. The number of ether oxygens (including phenoxy) is 4. The number of benzene rings is 2. The molecule has 9 nitrogen and oxygen atoms in total. The molecule has 9 heteroatoms. The number of nitrogens with one attached hydrogen (secondary N) is 1. The van der Waals surface area contributed by atoms with Gasteiger partial charge < -0.3 is 29.2 Å². The molecule has 2 heterocycles. The Morgan fingerprint density at radius 3 is 2.62 bits per heavy atom. The fourth-order valence-corrected chi connectivity index (χ4v) is 3.74. The number of morpholine rings is 1. The molecule has 0 bridgehead atoms. The van der Waals surface area contributed by atoms with E-state index in [0.717, 1.165) is 35.5 Å². The Labute approximate surface area is 186 Å². The zero-order valence-electron chi connectivity index (χ0n) is 18.4. The fraction of sp³-hybridized carbons (Fsp3) is 0.348. The number of fused-ring (bicyclic) bond motifs is 1. The summed E-state index contributed by atoms with van der Waals surface area (Å²) in [5.74, 6) is 1.61. The third kappa shape index (κ3) is 4.38. The van der Waals surface area contributed by atoms with Gasteiger partial charge in [-0.05, 0) is 24.3 Å². The fourth-order valence-electron chi connectivity index (χ4n) is 3.74. The number of carbonyl (C=O) groups is 1. The van der Waals surface area contributed by atoms with E-state index in [-0.39, 0.29) is 0 Å². The summed E-state index contributed by atoms with van der Waals surface area (Å²) in [7, 11) is 4.60. The summed E-state index contributed by atoms with van der Waals surface area (Å²) in [5, 5.41) is 4.10. The lowest BCUT2D eigenvalue weighted by molar-refractivity contribution is 0.0603. The van der Waals surface area contributed by atoms with Gasteiger partial charge in [0, 0.05) is 42.3 Å². The summed E-state index contributed by atoms with van der Waals surface area (Å²) in [5.41, 5.74) is 2.78. The molecule has 0 radical (unpaired) electrons. The van der Waals surface area contributed by atoms with E-state index in [4.69, 9.17) is 18.9 Å². The Hall–Kier alpha value is -3.59. The van der Waals surface area contributed by atoms with E-state index in [9.17, 15) is 4.79 Å². The molecule has 1 N–H and O–H groups in total. The van der Waals surface area contributed by atoms with Crippen molar-refractivity contribution in [3.8, 4) is 11.5 Å². The highest BCUT2D eigenvalue weighted by molar-refractivity contribution is 6.07. The Morgan fingerprint density at radius 1 is 1.09 bits per heavy atom. The molecule has 4 rings (SSSR count). The van der Waals surface area contributed by atoms with E-state index in [1.807, 2.05) is 30.3 Å². The molecule has 3 aromatic rings. The third-order valence-electron chi connectivity index (χ3n) is 5.45. The molecule has 2 aromatic carbocycles. The number of carbonyl (C=O) groups excluding carboxylic acids is 1. The van der Waals surface area contributed by atoms with Crippen LogP contribution in [0.25, 0.3) is 10.9 Å². The molecule has 0 saturated carbocycles. The van der Waals surface area contributed by atoms with Crippen molar-refractivity contribution in [2.75, 3.05) is 57.8 Å². The van der Waals surface area contributed by atoms with Crippen molar-refractivity contribution in [2.24, 2.45) is 0 Å². The van der Waals surface area contributed by atoms with Gasteiger partial charge in [0.25, 0.3) is 0 Å². The molecule has 1 saturated heterocycles. The Bertz CT molecular complexity index is 1110. The second-order valence-electron chi connectivity index (χ2n) is 7.23. The van der Waals surface area contributed by atoms with Gasteiger partial charge in [-0.3, -0.25) is 0 Å². The molecule has 0 spiro atoms. The molecule has 0 aliphatic carbocycles. The maximum Gasteiger partial charge on any atom is 0.340 e. The second kappa shape index (κ2) is 9.69. The zero-order chi connectivity index (χ0) is 22.5. The van der Waals surface area contributed by atoms with Gasteiger partial charge in [0.2, 0.25) is 0 Å². The number of hydrogen-bond donors (Lipinski definition) is 1. The molecule has 32 heavy (non-hydrogen) atoms. The summed E-state index contributed by atoms with van der Waals surface area (Å²) >= 11 is 0. The van der Waals surface area contributed by atoms with E-state index >= 15 is 0 Å². The van der Waals surface area contributed by atoms with E-state index < -0.39 is 5.97 Å². The first-order valence-electron chi connectivity index (χ1n) is 10.3. The van der Waals surface area contributed by atoms with E-state index in [0.29, 0.717) is 42.4 Å². The molecular weight excluding hydrogens is 412 g/mol. The van der Waals surface area contributed by atoms with E-state index in [2.05, 4.69) is 20.2 Å². The number of rotatable bonds is 7. The topological polar surface area (TPSA) is 95.0 Å². The summed E-state index contributed by atoms with van der Waals surface area (Å²) < 4.78 is 21.2. The highest BCUT2D eigenvalue weighted by atomic mass is 16.5. The first-order chi connectivity index (χ1) is 15.6. The van der Waals surface area contributed by atoms with Gasteiger partial charge in [-0.25, -0.2) is 14.8 Å². The number of nitrogens with zero attached hydrogens (tertiary/aromatic N) is 3. The van der Waals surface area contributed by atoms with Gasteiger partial charge in [0.1, 0.15) is 23.6 Å². The van der Waals surface area contributed by atoms with Crippen LogP contribution in [0, 0.1) is 0 Å². The predicted octanol–water partition coefficient (Wildman–Crippen LogP) is 2.88. The van der Waals surface area contributed by atoms with Gasteiger partial charge in [-0.2, -0.15) is 0 Å². The summed E-state index contributed by atoms with van der Waals surface area (Å²) in [4.78, 5) is 23.5. The van der Waals surface area contributed by atoms with Crippen molar-refractivity contribution in [3.63, 3.8) is 0 Å². The van der Waals surface area contributed by atoms with Crippen molar-refractivity contribution in [2.45, 2.75) is 6.54 Å². The number of aromatic nitrogens is 2. The molecule has 1 aliphatic rings. The van der Waals surface area contributed by atoms with Crippen LogP contribution in [0.2, 0.25) is 0 Å². The SMILES string of the molecule is COC(=O)c1cc(N2CCOCC2)cc2c(NCc3ccc(OC)cc3OC)ncnc12. The normalized spacial score (nSPS) is 13.7. The Morgan fingerprint density at radius 2 is 1.91 bits per heavy atom. The number of anilines is 2. The number of esters is 1. The summed E-state index contributed by atoms with van der Waals surface area (Å²) in [6.45, 7) is 3.23. The smallest absolute Gasteiger partial charge is 0.340 e. The predicted molar refractivity (Wildman–Crippen MR) is 121 cm³/mol. The molecule has 0 unspecified atom stereocenters. The standard InChI is InChI=1S/C23H26N4O5/c1-29-17-5-4-15(20(12-17)30-2)13-24-22-18-10-16(27-6-8-32-9-7-27)11-19(23(28)31-3)21(18)25-14-26-22/h4-5,10-12,14H,6-9,13H2,1-3H3,(H,24,25,26). The van der Waals surface area contributed by atoms with Crippen molar-refractivity contribution in [1.29, 1.82) is 0 Å². The maximum absolute atomic E-state index is 12.5. The second-order valence-corrected chi connectivity index (χ2v) is 7.23. The average Bonchev–Trinajstić information content (AvgIpc) is 2.86. The van der Waals surface area contributed by atoms with Crippen LogP contribution in [0.15, 0.2) is 36.7 Å². The monoisotopic (exact) mass is 438 g/mol. The van der Waals surface area contributed by atoms with Crippen LogP contribution in [0.4, 0.5) is 11.5 Å². The van der Waals surface area contributed by atoms with Gasteiger partial charge in [-0.1, -0.05) is 0 Å². The molecule has 0 atom stereocenters. The first kappa shape index (κ1) is 21.6. The van der Waals surface area contributed by atoms with Crippen molar-refractivity contribution in [3.05, 3.63) is 47.8 Å². The van der Waals surface area contributed by atoms with Crippen molar-refractivity contribution >= 4 is 28.4 Å². The molecule has 0 amide bonds. The van der Waals surface area contributed by atoms with Crippen molar-refractivity contribution < 1.29 is 23.7 Å². The van der Waals surface area contributed by atoms with Gasteiger partial charge in [-0.15, -0.1) is 0 Å². The molecule has 168 valence electrons.